The maximum absolute atomic E-state index is 12.9. The number of methoxy groups -OCH3 is 1. The molecule has 3 rings (SSSR count). The van der Waals surface area contributed by atoms with Crippen molar-refractivity contribution in [2.24, 2.45) is 0 Å². The third-order valence-electron chi connectivity index (χ3n) is 3.31. The van der Waals surface area contributed by atoms with Crippen LogP contribution in [0.5, 0.6) is 5.75 Å². The first kappa shape index (κ1) is 14.6. The minimum atomic E-state index is -0.0314. The number of carbonyl (C=O) groups is 1. The van der Waals surface area contributed by atoms with Crippen LogP contribution in [0.1, 0.15) is 15.9 Å². The van der Waals surface area contributed by atoms with Gasteiger partial charge in [-0.25, -0.2) is 0 Å². The molecule has 0 atom stereocenters. The molecule has 0 spiro atoms. The molecule has 0 saturated carbocycles. The lowest BCUT2D eigenvalue weighted by Crippen LogP contribution is -2.02. The Hall–Kier alpha value is -1.34. The van der Waals surface area contributed by atoms with Crippen LogP contribution in [0.2, 0.25) is 0 Å². The lowest BCUT2D eigenvalue weighted by molar-refractivity contribution is 0.103. The number of H-pyrrole nitrogens is 1. The SMILES string of the molecule is COc1cccc2[nH]cc(C(=O)c3cc(I)ccc3Br)c12. The monoisotopic (exact) mass is 455 g/mol. The molecule has 3 nitrogen and oxygen atoms in total. The maximum Gasteiger partial charge on any atom is 0.196 e. The molecule has 5 heteroatoms. The van der Waals surface area contributed by atoms with Crippen molar-refractivity contribution in [2.75, 3.05) is 7.11 Å². The Morgan fingerprint density at radius 1 is 1.24 bits per heavy atom. The van der Waals surface area contributed by atoms with Crippen LogP contribution in [0.25, 0.3) is 10.9 Å². The van der Waals surface area contributed by atoms with Gasteiger partial charge in [-0.1, -0.05) is 22.0 Å². The largest absolute Gasteiger partial charge is 0.496 e. The molecule has 0 unspecified atom stereocenters. The Kier molecular flexibility index (Phi) is 4.03. The number of halogens is 2. The van der Waals surface area contributed by atoms with Gasteiger partial charge in [0.25, 0.3) is 0 Å². The van der Waals surface area contributed by atoms with E-state index in [9.17, 15) is 4.79 Å². The Morgan fingerprint density at radius 3 is 2.81 bits per heavy atom. The number of ether oxygens (including phenoxy) is 1. The van der Waals surface area contributed by atoms with Crippen molar-refractivity contribution in [1.29, 1.82) is 0 Å². The quantitative estimate of drug-likeness (QED) is 0.456. The highest BCUT2D eigenvalue weighted by Gasteiger charge is 2.19. The summed E-state index contributed by atoms with van der Waals surface area (Å²) >= 11 is 5.65. The Bertz CT molecular complexity index is 841. The van der Waals surface area contributed by atoms with Gasteiger partial charge in [-0.05, 0) is 52.9 Å². The predicted octanol–water partition coefficient (Wildman–Crippen LogP) is 4.77. The molecule has 1 N–H and O–H groups in total. The van der Waals surface area contributed by atoms with Crippen molar-refractivity contribution in [3.8, 4) is 5.75 Å². The molecular formula is C16H11BrINO2. The number of nitrogens with one attached hydrogen (secondary N) is 1. The number of aromatic nitrogens is 1. The molecule has 0 bridgehead atoms. The molecule has 0 aliphatic heterocycles. The summed E-state index contributed by atoms with van der Waals surface area (Å²) in [6.07, 6.45) is 1.74. The zero-order chi connectivity index (χ0) is 15.0. The summed E-state index contributed by atoms with van der Waals surface area (Å²) < 4.78 is 7.19. The second-order valence-corrected chi connectivity index (χ2v) is 6.64. The number of aromatic amines is 1. The fraction of sp³-hybridized carbons (Fsp3) is 0.0625. The van der Waals surface area contributed by atoms with Crippen LogP contribution in [-0.2, 0) is 0 Å². The zero-order valence-corrected chi connectivity index (χ0v) is 14.9. The average molecular weight is 456 g/mol. The van der Waals surface area contributed by atoms with E-state index in [1.54, 1.807) is 13.3 Å². The minimum Gasteiger partial charge on any atom is -0.496 e. The maximum atomic E-state index is 12.9. The van der Waals surface area contributed by atoms with Crippen molar-refractivity contribution >= 4 is 55.2 Å². The number of fused-ring (bicyclic) bond motifs is 1. The normalized spacial score (nSPS) is 10.8. The highest BCUT2D eigenvalue weighted by atomic mass is 127. The summed E-state index contributed by atoms with van der Waals surface area (Å²) in [5.41, 5.74) is 2.15. The van der Waals surface area contributed by atoms with E-state index in [0.29, 0.717) is 16.9 Å². The van der Waals surface area contributed by atoms with E-state index in [4.69, 9.17) is 4.74 Å². The highest BCUT2D eigenvalue weighted by molar-refractivity contribution is 14.1. The van der Waals surface area contributed by atoms with E-state index < -0.39 is 0 Å². The van der Waals surface area contributed by atoms with E-state index in [-0.39, 0.29) is 5.78 Å². The summed E-state index contributed by atoms with van der Waals surface area (Å²) in [5, 5.41) is 0.816. The van der Waals surface area contributed by atoms with E-state index in [2.05, 4.69) is 43.5 Å². The van der Waals surface area contributed by atoms with Crippen LogP contribution in [0, 0.1) is 3.57 Å². The van der Waals surface area contributed by atoms with Crippen LogP contribution in [0.4, 0.5) is 0 Å². The Morgan fingerprint density at radius 2 is 2.05 bits per heavy atom. The minimum absolute atomic E-state index is 0.0314. The summed E-state index contributed by atoms with van der Waals surface area (Å²) in [5.74, 6) is 0.662. The molecule has 106 valence electrons. The summed E-state index contributed by atoms with van der Waals surface area (Å²) in [4.78, 5) is 16.0. The third-order valence-corrected chi connectivity index (χ3v) is 4.67. The van der Waals surface area contributed by atoms with Gasteiger partial charge in [0, 0.05) is 25.3 Å². The van der Waals surface area contributed by atoms with E-state index in [0.717, 1.165) is 18.9 Å². The molecule has 0 amide bonds. The summed E-state index contributed by atoms with van der Waals surface area (Å²) in [6.45, 7) is 0. The smallest absolute Gasteiger partial charge is 0.196 e. The van der Waals surface area contributed by atoms with Crippen molar-refractivity contribution in [3.63, 3.8) is 0 Å². The molecule has 0 fully saturated rings. The van der Waals surface area contributed by atoms with Gasteiger partial charge in [0.05, 0.1) is 18.1 Å². The molecule has 0 saturated heterocycles. The first-order valence-electron chi connectivity index (χ1n) is 6.25. The van der Waals surface area contributed by atoms with Gasteiger partial charge in [0.1, 0.15) is 5.75 Å². The van der Waals surface area contributed by atoms with Crippen molar-refractivity contribution in [2.45, 2.75) is 0 Å². The molecule has 0 aliphatic carbocycles. The van der Waals surface area contributed by atoms with E-state index in [1.807, 2.05) is 36.4 Å². The van der Waals surface area contributed by atoms with Gasteiger partial charge in [0.15, 0.2) is 5.78 Å². The number of hydrogen-bond donors (Lipinski definition) is 1. The van der Waals surface area contributed by atoms with Crippen LogP contribution in [0.15, 0.2) is 47.1 Å². The predicted molar refractivity (Wildman–Crippen MR) is 95.1 cm³/mol. The third kappa shape index (κ3) is 2.60. The molecular weight excluding hydrogens is 445 g/mol. The lowest BCUT2D eigenvalue weighted by Gasteiger charge is -2.06. The molecule has 0 aliphatic rings. The number of rotatable bonds is 3. The fourth-order valence-corrected chi connectivity index (χ4v) is 3.23. The fourth-order valence-electron chi connectivity index (χ4n) is 2.32. The Balaban J connectivity index is 2.20. The van der Waals surface area contributed by atoms with Crippen LogP contribution in [-0.4, -0.2) is 17.9 Å². The molecule has 0 radical (unpaired) electrons. The number of hydrogen-bond acceptors (Lipinski definition) is 2. The first-order valence-corrected chi connectivity index (χ1v) is 8.13. The second kappa shape index (κ2) is 5.81. The van der Waals surface area contributed by atoms with Crippen molar-refractivity contribution in [1.82, 2.24) is 4.98 Å². The number of ketones is 1. The first-order chi connectivity index (χ1) is 10.1. The van der Waals surface area contributed by atoms with Gasteiger partial charge >= 0.3 is 0 Å². The second-order valence-electron chi connectivity index (χ2n) is 4.54. The van der Waals surface area contributed by atoms with Gasteiger partial charge in [-0.15, -0.1) is 0 Å². The number of benzene rings is 2. The standard InChI is InChI=1S/C16H11BrINO2/c1-21-14-4-2-3-13-15(14)11(8-19-13)16(20)10-7-9(18)5-6-12(10)17/h2-8,19H,1H3. The summed E-state index contributed by atoms with van der Waals surface area (Å²) in [7, 11) is 1.61. The highest BCUT2D eigenvalue weighted by Crippen LogP contribution is 2.31. The van der Waals surface area contributed by atoms with Gasteiger partial charge < -0.3 is 9.72 Å². The van der Waals surface area contributed by atoms with Gasteiger partial charge in [-0.2, -0.15) is 0 Å². The van der Waals surface area contributed by atoms with Gasteiger partial charge in [-0.3, -0.25) is 4.79 Å². The van der Waals surface area contributed by atoms with Gasteiger partial charge in [0.2, 0.25) is 0 Å². The average Bonchev–Trinajstić information content (AvgIpc) is 2.93. The van der Waals surface area contributed by atoms with Crippen LogP contribution < -0.4 is 4.74 Å². The zero-order valence-electron chi connectivity index (χ0n) is 11.1. The lowest BCUT2D eigenvalue weighted by atomic mass is 10.0. The van der Waals surface area contributed by atoms with E-state index in [1.165, 1.54) is 0 Å². The van der Waals surface area contributed by atoms with Crippen molar-refractivity contribution in [3.05, 3.63) is 61.8 Å². The molecule has 1 aromatic heterocycles. The molecule has 3 aromatic rings. The number of carbonyl (C=O) groups excluding carboxylic acids is 1. The van der Waals surface area contributed by atoms with Crippen LogP contribution in [0.3, 0.4) is 0 Å². The Labute approximate surface area is 144 Å². The molecule has 21 heavy (non-hydrogen) atoms. The topological polar surface area (TPSA) is 42.1 Å². The van der Waals surface area contributed by atoms with Crippen molar-refractivity contribution < 1.29 is 9.53 Å². The summed E-state index contributed by atoms with van der Waals surface area (Å²) in [6, 6.07) is 11.4. The molecule has 1 heterocycles. The van der Waals surface area contributed by atoms with E-state index >= 15 is 0 Å². The molecule has 2 aromatic carbocycles. The van der Waals surface area contributed by atoms with Crippen LogP contribution >= 0.6 is 38.5 Å².